The fourth-order valence-electron chi connectivity index (χ4n) is 3.66. The summed E-state index contributed by atoms with van der Waals surface area (Å²) in [5, 5.41) is 4.10. The molecule has 1 aromatic heterocycles. The van der Waals surface area contributed by atoms with E-state index in [9.17, 15) is 8.42 Å². The van der Waals surface area contributed by atoms with E-state index < -0.39 is 9.84 Å². The number of hydrogen-bond acceptors (Lipinski definition) is 8. The van der Waals surface area contributed by atoms with E-state index in [2.05, 4.69) is 19.9 Å². The molecule has 0 N–H and O–H groups in total. The molecule has 1 fully saturated rings. The average Bonchev–Trinajstić information content (AvgIpc) is 3.27. The zero-order valence-corrected chi connectivity index (χ0v) is 19.2. The van der Waals surface area contributed by atoms with E-state index in [1.807, 2.05) is 31.2 Å². The summed E-state index contributed by atoms with van der Waals surface area (Å²) >= 11 is 0. The minimum absolute atomic E-state index is 0.0870. The summed E-state index contributed by atoms with van der Waals surface area (Å²) in [4.78, 5) is 9.25. The summed E-state index contributed by atoms with van der Waals surface area (Å²) in [6.45, 7) is 6.38. The van der Waals surface area contributed by atoms with Crippen molar-refractivity contribution in [2.24, 2.45) is 0 Å². The molecule has 2 aromatic carbocycles. The van der Waals surface area contributed by atoms with Crippen LogP contribution in [-0.2, 0) is 16.4 Å². The first-order chi connectivity index (χ1) is 15.4. The van der Waals surface area contributed by atoms with Gasteiger partial charge in [-0.05, 0) is 25.1 Å². The van der Waals surface area contributed by atoms with Gasteiger partial charge in [0.05, 0.1) is 24.3 Å². The van der Waals surface area contributed by atoms with E-state index in [-0.39, 0.29) is 5.75 Å². The number of aryl methyl sites for hydroxylation is 1. The standard InChI is InChI=1S/C23H28N4O4S/c1-18-6-8-19(9-7-18)23-24-22(31-25-23)17-27-12-10-26(11-13-27)14-15-32(28,29)21-5-3-4-20(16-21)30-2/h3-9,16H,10-15,17H2,1-2H3. The van der Waals surface area contributed by atoms with Gasteiger partial charge in [0.1, 0.15) is 5.75 Å². The summed E-state index contributed by atoms with van der Waals surface area (Å²) in [5.41, 5.74) is 2.12. The molecule has 3 aromatic rings. The van der Waals surface area contributed by atoms with Gasteiger partial charge in [-0.1, -0.05) is 41.1 Å². The number of methoxy groups -OCH3 is 1. The van der Waals surface area contributed by atoms with Crippen LogP contribution >= 0.6 is 0 Å². The highest BCUT2D eigenvalue weighted by atomic mass is 32.2. The van der Waals surface area contributed by atoms with Crippen molar-refractivity contribution in [2.45, 2.75) is 18.4 Å². The number of ether oxygens (including phenoxy) is 1. The lowest BCUT2D eigenvalue weighted by atomic mass is 10.1. The first-order valence-electron chi connectivity index (χ1n) is 10.6. The third kappa shape index (κ3) is 5.53. The summed E-state index contributed by atoms with van der Waals surface area (Å²) < 4.78 is 35.9. The lowest BCUT2D eigenvalue weighted by Crippen LogP contribution is -2.47. The fraction of sp³-hybridized carbons (Fsp3) is 0.391. The second-order valence-electron chi connectivity index (χ2n) is 7.99. The summed E-state index contributed by atoms with van der Waals surface area (Å²) in [5.74, 6) is 1.83. The predicted molar refractivity (Wildman–Crippen MR) is 121 cm³/mol. The van der Waals surface area contributed by atoms with Gasteiger partial charge >= 0.3 is 0 Å². The highest BCUT2D eigenvalue weighted by molar-refractivity contribution is 7.91. The van der Waals surface area contributed by atoms with Crippen LogP contribution in [0.25, 0.3) is 11.4 Å². The minimum Gasteiger partial charge on any atom is -0.497 e. The Morgan fingerprint density at radius 3 is 2.47 bits per heavy atom. The molecule has 0 bridgehead atoms. The van der Waals surface area contributed by atoms with Crippen molar-refractivity contribution in [3.63, 3.8) is 0 Å². The second-order valence-corrected chi connectivity index (χ2v) is 10.1. The number of rotatable bonds is 8. The van der Waals surface area contributed by atoms with E-state index in [1.54, 1.807) is 24.3 Å². The van der Waals surface area contributed by atoms with Gasteiger partial charge < -0.3 is 9.26 Å². The van der Waals surface area contributed by atoms with Crippen molar-refractivity contribution in [1.82, 2.24) is 19.9 Å². The minimum atomic E-state index is -3.35. The largest absolute Gasteiger partial charge is 0.497 e. The van der Waals surface area contributed by atoms with Gasteiger partial charge in [0.2, 0.25) is 11.7 Å². The highest BCUT2D eigenvalue weighted by Crippen LogP contribution is 2.19. The zero-order valence-electron chi connectivity index (χ0n) is 18.4. The number of sulfone groups is 1. The van der Waals surface area contributed by atoms with Crippen molar-refractivity contribution in [1.29, 1.82) is 0 Å². The molecule has 170 valence electrons. The Hall–Kier alpha value is -2.75. The number of piperazine rings is 1. The van der Waals surface area contributed by atoms with E-state index in [1.165, 1.54) is 12.7 Å². The molecule has 4 rings (SSSR count). The molecule has 0 saturated carbocycles. The molecule has 32 heavy (non-hydrogen) atoms. The smallest absolute Gasteiger partial charge is 0.241 e. The Morgan fingerprint density at radius 1 is 1.03 bits per heavy atom. The van der Waals surface area contributed by atoms with Gasteiger partial charge in [-0.2, -0.15) is 4.98 Å². The van der Waals surface area contributed by atoms with Gasteiger partial charge in [-0.15, -0.1) is 0 Å². The molecule has 9 heteroatoms. The van der Waals surface area contributed by atoms with Crippen LogP contribution in [-0.4, -0.2) is 73.9 Å². The van der Waals surface area contributed by atoms with Crippen molar-refractivity contribution in [2.75, 3.05) is 45.6 Å². The SMILES string of the molecule is COc1cccc(S(=O)(=O)CCN2CCN(Cc3nc(-c4ccc(C)cc4)no3)CC2)c1. The van der Waals surface area contributed by atoms with Crippen LogP contribution < -0.4 is 4.74 Å². The predicted octanol–water partition coefficient (Wildman–Crippen LogP) is 2.65. The van der Waals surface area contributed by atoms with E-state index in [0.717, 1.165) is 31.7 Å². The molecule has 0 atom stereocenters. The number of hydrogen-bond donors (Lipinski definition) is 0. The molecule has 0 unspecified atom stereocenters. The number of nitrogens with zero attached hydrogens (tertiary/aromatic N) is 4. The molecule has 8 nitrogen and oxygen atoms in total. The van der Waals surface area contributed by atoms with Crippen molar-refractivity contribution in [3.8, 4) is 17.1 Å². The van der Waals surface area contributed by atoms with Gasteiger partial charge in [-0.25, -0.2) is 8.42 Å². The van der Waals surface area contributed by atoms with Gasteiger partial charge in [0, 0.05) is 38.3 Å². The Kier molecular flexibility index (Phi) is 6.88. The molecule has 0 spiro atoms. The van der Waals surface area contributed by atoms with Crippen LogP contribution in [0, 0.1) is 6.92 Å². The van der Waals surface area contributed by atoms with Crippen molar-refractivity contribution in [3.05, 3.63) is 60.0 Å². The van der Waals surface area contributed by atoms with Crippen molar-refractivity contribution >= 4 is 9.84 Å². The molecule has 0 radical (unpaired) electrons. The third-order valence-electron chi connectivity index (χ3n) is 5.68. The first kappa shape index (κ1) is 22.4. The second kappa shape index (κ2) is 9.81. The maximum atomic E-state index is 12.7. The molecular formula is C23H28N4O4S. The fourth-order valence-corrected chi connectivity index (χ4v) is 4.98. The molecular weight excluding hydrogens is 428 g/mol. The lowest BCUT2D eigenvalue weighted by Gasteiger charge is -2.33. The number of aromatic nitrogens is 2. The third-order valence-corrected chi connectivity index (χ3v) is 7.37. The molecule has 0 amide bonds. The van der Waals surface area contributed by atoms with E-state index in [0.29, 0.717) is 35.4 Å². The summed E-state index contributed by atoms with van der Waals surface area (Å²) in [6, 6.07) is 14.7. The summed E-state index contributed by atoms with van der Waals surface area (Å²) in [7, 11) is -1.82. The van der Waals surface area contributed by atoms with Crippen LogP contribution in [0.3, 0.4) is 0 Å². The highest BCUT2D eigenvalue weighted by Gasteiger charge is 2.22. The van der Waals surface area contributed by atoms with Crippen molar-refractivity contribution < 1.29 is 17.7 Å². The van der Waals surface area contributed by atoms with Crippen LogP contribution in [0.15, 0.2) is 57.9 Å². The first-order valence-corrected chi connectivity index (χ1v) is 12.3. The number of benzene rings is 2. The van der Waals surface area contributed by atoms with Crippen LogP contribution in [0.5, 0.6) is 5.75 Å². The molecule has 2 heterocycles. The molecule has 1 aliphatic rings. The Morgan fingerprint density at radius 2 is 1.75 bits per heavy atom. The Balaban J connectivity index is 1.26. The maximum Gasteiger partial charge on any atom is 0.241 e. The Bertz CT molecular complexity index is 1140. The van der Waals surface area contributed by atoms with Gasteiger partial charge in [0.25, 0.3) is 0 Å². The normalized spacial score (nSPS) is 15.7. The lowest BCUT2D eigenvalue weighted by molar-refractivity contribution is 0.121. The zero-order chi connectivity index (χ0) is 22.6. The van der Waals surface area contributed by atoms with Crippen LogP contribution in [0.2, 0.25) is 0 Å². The monoisotopic (exact) mass is 456 g/mol. The van der Waals surface area contributed by atoms with Crippen LogP contribution in [0.4, 0.5) is 0 Å². The topological polar surface area (TPSA) is 88.8 Å². The quantitative estimate of drug-likeness (QED) is 0.511. The average molecular weight is 457 g/mol. The Labute approximate surface area is 188 Å². The van der Waals surface area contributed by atoms with E-state index >= 15 is 0 Å². The maximum absolute atomic E-state index is 12.7. The molecule has 0 aliphatic carbocycles. The molecule has 1 aliphatic heterocycles. The van der Waals surface area contributed by atoms with Gasteiger partial charge in [-0.3, -0.25) is 9.80 Å². The van der Waals surface area contributed by atoms with E-state index in [4.69, 9.17) is 9.26 Å². The molecule has 1 saturated heterocycles. The summed E-state index contributed by atoms with van der Waals surface area (Å²) in [6.07, 6.45) is 0. The van der Waals surface area contributed by atoms with Gasteiger partial charge in [0.15, 0.2) is 9.84 Å². The van der Waals surface area contributed by atoms with Crippen LogP contribution in [0.1, 0.15) is 11.5 Å².